The number of halogens is 1. The zero-order valence-electron chi connectivity index (χ0n) is 13.4. The Morgan fingerprint density at radius 2 is 1.86 bits per heavy atom. The monoisotopic (exact) mass is 316 g/mol. The van der Waals surface area contributed by atoms with Gasteiger partial charge in [0.05, 0.1) is 6.61 Å². The molecule has 2 heteroatoms. The van der Waals surface area contributed by atoms with Gasteiger partial charge in [0.25, 0.3) is 0 Å². The summed E-state index contributed by atoms with van der Waals surface area (Å²) in [7, 11) is 0. The molecule has 2 rings (SSSR count). The Morgan fingerprint density at radius 1 is 1.18 bits per heavy atom. The molecule has 1 aliphatic carbocycles. The van der Waals surface area contributed by atoms with Gasteiger partial charge in [-0.25, -0.2) is 0 Å². The molecule has 0 N–H and O–H groups in total. The second kappa shape index (κ2) is 7.69. The molecule has 22 heavy (non-hydrogen) atoms. The standard InChI is InChI=1S/C20H25ClO/c1-4-22-17(3)13-12-16(2)20(14-8-5-9-15-20)18-10-6-7-11-19(18)21/h6-7,10-13H,2-5,8-9,14-15H2,1H3/b13-12-. The van der Waals surface area contributed by atoms with Crippen molar-refractivity contribution in [3.63, 3.8) is 0 Å². The molecule has 0 aliphatic heterocycles. The largest absolute Gasteiger partial charge is 0.495 e. The number of rotatable bonds is 6. The molecule has 1 nitrogen and oxygen atoms in total. The Hall–Kier alpha value is -1.47. The Kier molecular flexibility index (Phi) is 5.90. The van der Waals surface area contributed by atoms with E-state index in [4.69, 9.17) is 16.3 Å². The summed E-state index contributed by atoms with van der Waals surface area (Å²) in [6, 6.07) is 8.17. The first-order valence-electron chi connectivity index (χ1n) is 8.04. The molecular weight excluding hydrogens is 292 g/mol. The fourth-order valence-corrected chi connectivity index (χ4v) is 3.67. The van der Waals surface area contributed by atoms with Crippen molar-refractivity contribution in [3.05, 3.63) is 71.5 Å². The molecule has 0 amide bonds. The first-order chi connectivity index (χ1) is 10.6. The van der Waals surface area contributed by atoms with E-state index in [1.165, 1.54) is 24.8 Å². The van der Waals surface area contributed by atoms with Gasteiger partial charge in [0.15, 0.2) is 0 Å². The second-order valence-electron chi connectivity index (χ2n) is 5.88. The highest BCUT2D eigenvalue weighted by Crippen LogP contribution is 2.47. The van der Waals surface area contributed by atoms with Gasteiger partial charge in [0.2, 0.25) is 0 Å². The van der Waals surface area contributed by atoms with Crippen LogP contribution in [0.2, 0.25) is 5.02 Å². The van der Waals surface area contributed by atoms with Gasteiger partial charge in [-0.15, -0.1) is 0 Å². The van der Waals surface area contributed by atoms with Crippen molar-refractivity contribution in [2.24, 2.45) is 0 Å². The molecule has 0 unspecified atom stereocenters. The summed E-state index contributed by atoms with van der Waals surface area (Å²) in [5.74, 6) is 0.675. The van der Waals surface area contributed by atoms with E-state index in [2.05, 4.69) is 25.3 Å². The van der Waals surface area contributed by atoms with Crippen molar-refractivity contribution in [2.45, 2.75) is 44.4 Å². The van der Waals surface area contributed by atoms with Gasteiger partial charge in [-0.2, -0.15) is 0 Å². The normalized spacial score (nSPS) is 17.4. The first-order valence-corrected chi connectivity index (χ1v) is 8.42. The third kappa shape index (κ3) is 3.64. The highest BCUT2D eigenvalue weighted by molar-refractivity contribution is 6.31. The van der Waals surface area contributed by atoms with Gasteiger partial charge in [0.1, 0.15) is 5.76 Å². The lowest BCUT2D eigenvalue weighted by Gasteiger charge is -2.39. The Bertz CT molecular complexity index is 565. The van der Waals surface area contributed by atoms with E-state index in [1.807, 2.05) is 31.2 Å². The maximum absolute atomic E-state index is 6.50. The molecule has 0 saturated heterocycles. The van der Waals surface area contributed by atoms with Gasteiger partial charge in [-0.1, -0.05) is 68.3 Å². The summed E-state index contributed by atoms with van der Waals surface area (Å²) >= 11 is 6.50. The van der Waals surface area contributed by atoms with Gasteiger partial charge >= 0.3 is 0 Å². The van der Waals surface area contributed by atoms with Crippen LogP contribution in [0.5, 0.6) is 0 Å². The highest BCUT2D eigenvalue weighted by atomic mass is 35.5. The maximum Gasteiger partial charge on any atom is 0.112 e. The van der Waals surface area contributed by atoms with E-state index in [-0.39, 0.29) is 5.41 Å². The molecular formula is C20H25ClO. The molecule has 1 aromatic carbocycles. The minimum Gasteiger partial charge on any atom is -0.495 e. The summed E-state index contributed by atoms with van der Waals surface area (Å²) in [4.78, 5) is 0. The van der Waals surface area contributed by atoms with Crippen LogP contribution in [0.4, 0.5) is 0 Å². The van der Waals surface area contributed by atoms with Gasteiger partial charge in [0, 0.05) is 10.4 Å². The number of benzene rings is 1. The molecule has 0 aromatic heterocycles. The highest BCUT2D eigenvalue weighted by Gasteiger charge is 2.36. The van der Waals surface area contributed by atoms with Crippen LogP contribution >= 0.6 is 11.6 Å². The fourth-order valence-electron chi connectivity index (χ4n) is 3.35. The van der Waals surface area contributed by atoms with Crippen LogP contribution in [0.3, 0.4) is 0 Å². The van der Waals surface area contributed by atoms with Crippen LogP contribution in [0.1, 0.15) is 44.6 Å². The van der Waals surface area contributed by atoms with E-state index in [0.717, 1.165) is 23.4 Å². The zero-order chi connectivity index (χ0) is 16.0. The third-order valence-corrected chi connectivity index (χ3v) is 4.84. The lowest BCUT2D eigenvalue weighted by Crippen LogP contribution is -2.30. The average Bonchev–Trinajstić information content (AvgIpc) is 2.54. The van der Waals surface area contributed by atoms with Crippen molar-refractivity contribution < 1.29 is 4.74 Å². The van der Waals surface area contributed by atoms with Gasteiger partial charge in [-0.05, 0) is 43.0 Å². The summed E-state index contributed by atoms with van der Waals surface area (Å²) in [5, 5.41) is 0.836. The van der Waals surface area contributed by atoms with E-state index in [0.29, 0.717) is 12.4 Å². The lowest BCUT2D eigenvalue weighted by atomic mass is 9.65. The van der Waals surface area contributed by atoms with E-state index in [1.54, 1.807) is 0 Å². The smallest absolute Gasteiger partial charge is 0.112 e. The molecule has 0 atom stereocenters. The Morgan fingerprint density at radius 3 is 2.50 bits per heavy atom. The fraction of sp³-hybridized carbons (Fsp3) is 0.400. The molecule has 1 saturated carbocycles. The molecule has 1 aromatic rings. The molecule has 0 heterocycles. The van der Waals surface area contributed by atoms with Crippen LogP contribution < -0.4 is 0 Å². The van der Waals surface area contributed by atoms with Crippen LogP contribution in [-0.2, 0) is 10.2 Å². The summed E-state index contributed by atoms with van der Waals surface area (Å²) in [5.41, 5.74) is 2.24. The van der Waals surface area contributed by atoms with Gasteiger partial charge < -0.3 is 4.74 Å². The van der Waals surface area contributed by atoms with E-state index in [9.17, 15) is 0 Å². The molecule has 118 valence electrons. The molecule has 1 fully saturated rings. The second-order valence-corrected chi connectivity index (χ2v) is 6.29. The predicted octanol–water partition coefficient (Wildman–Crippen LogP) is 6.20. The van der Waals surface area contributed by atoms with E-state index < -0.39 is 0 Å². The third-order valence-electron chi connectivity index (χ3n) is 4.51. The number of hydrogen-bond acceptors (Lipinski definition) is 1. The Balaban J connectivity index is 2.32. The van der Waals surface area contributed by atoms with E-state index >= 15 is 0 Å². The topological polar surface area (TPSA) is 9.23 Å². The van der Waals surface area contributed by atoms with Crippen LogP contribution in [0, 0.1) is 0 Å². The SMILES string of the molecule is C=C(/C=C\C(=C)C1(c2ccccc2Cl)CCCCC1)OCC. The van der Waals surface area contributed by atoms with Crippen molar-refractivity contribution in [1.82, 2.24) is 0 Å². The zero-order valence-corrected chi connectivity index (χ0v) is 14.2. The van der Waals surface area contributed by atoms with Crippen molar-refractivity contribution in [1.29, 1.82) is 0 Å². The molecule has 0 bridgehead atoms. The summed E-state index contributed by atoms with van der Waals surface area (Å²) in [6.07, 6.45) is 9.87. The first kappa shape index (κ1) is 16.9. The summed E-state index contributed by atoms with van der Waals surface area (Å²) < 4.78 is 5.39. The van der Waals surface area contributed by atoms with Crippen LogP contribution in [0.25, 0.3) is 0 Å². The predicted molar refractivity (Wildman–Crippen MR) is 95.3 cm³/mol. The van der Waals surface area contributed by atoms with Crippen molar-refractivity contribution >= 4 is 11.6 Å². The maximum atomic E-state index is 6.50. The van der Waals surface area contributed by atoms with Crippen LogP contribution in [-0.4, -0.2) is 6.61 Å². The van der Waals surface area contributed by atoms with Gasteiger partial charge in [-0.3, -0.25) is 0 Å². The minimum absolute atomic E-state index is 0.0560. The van der Waals surface area contributed by atoms with Crippen molar-refractivity contribution in [3.8, 4) is 0 Å². The minimum atomic E-state index is -0.0560. The van der Waals surface area contributed by atoms with Crippen LogP contribution in [0.15, 0.2) is 60.9 Å². The number of allylic oxidation sites excluding steroid dienone is 3. The molecule has 0 spiro atoms. The number of hydrogen-bond donors (Lipinski definition) is 0. The quantitative estimate of drug-likeness (QED) is 0.448. The number of ether oxygens (including phenoxy) is 1. The average molecular weight is 317 g/mol. The molecule has 0 radical (unpaired) electrons. The summed E-state index contributed by atoms with van der Waals surface area (Å²) in [6.45, 7) is 10.8. The molecule has 1 aliphatic rings. The van der Waals surface area contributed by atoms with Crippen molar-refractivity contribution in [2.75, 3.05) is 6.61 Å². The lowest BCUT2D eigenvalue weighted by molar-refractivity contribution is 0.244. The Labute approximate surface area is 139 Å².